The molecular weight excluding hydrogens is 340 g/mol. The molecule has 1 aromatic carbocycles. The van der Waals surface area contributed by atoms with Gasteiger partial charge in [0.2, 0.25) is 17.7 Å². The lowest BCUT2D eigenvalue weighted by Crippen LogP contribution is -2.36. The van der Waals surface area contributed by atoms with Gasteiger partial charge < -0.3 is 5.32 Å². The van der Waals surface area contributed by atoms with Gasteiger partial charge in [-0.2, -0.15) is 0 Å². The van der Waals surface area contributed by atoms with Gasteiger partial charge >= 0.3 is 0 Å². The van der Waals surface area contributed by atoms with Crippen LogP contribution in [-0.2, 0) is 14.4 Å². The number of nitrogens with zero attached hydrogens (tertiary/aromatic N) is 1. The summed E-state index contributed by atoms with van der Waals surface area (Å²) in [5, 5.41) is 3.53. The molecule has 1 heterocycles. The van der Waals surface area contributed by atoms with Crippen LogP contribution in [0.25, 0.3) is 0 Å². The molecule has 1 saturated heterocycles. The Labute approximate surface area is 152 Å². The van der Waals surface area contributed by atoms with Crippen molar-refractivity contribution in [2.24, 2.45) is 11.8 Å². The molecule has 1 aliphatic carbocycles. The standard InChI is InChI=1S/C19H21ClN2O3/c1-12(13-6-8-14(20)9-7-13)21-17(23)10-11-22-18(24)15-4-2-3-5-16(15)19(22)25/h2-3,6-9,12,15-16H,4-5,10-11H2,1H3,(H,21,23)/t12-,15+,16+/m0/s1. The molecule has 6 heteroatoms. The van der Waals surface area contributed by atoms with Crippen molar-refractivity contribution in [2.75, 3.05) is 6.54 Å². The third-order valence-electron chi connectivity index (χ3n) is 4.91. The van der Waals surface area contributed by atoms with Crippen molar-refractivity contribution >= 4 is 29.3 Å². The van der Waals surface area contributed by atoms with Crippen LogP contribution in [0.3, 0.4) is 0 Å². The van der Waals surface area contributed by atoms with Gasteiger partial charge in [-0.15, -0.1) is 0 Å². The largest absolute Gasteiger partial charge is 0.350 e. The number of amides is 3. The van der Waals surface area contributed by atoms with Crippen molar-refractivity contribution in [1.29, 1.82) is 0 Å². The van der Waals surface area contributed by atoms with Gasteiger partial charge in [0.1, 0.15) is 0 Å². The zero-order valence-corrected chi connectivity index (χ0v) is 14.8. The first-order chi connectivity index (χ1) is 12.0. The summed E-state index contributed by atoms with van der Waals surface area (Å²) in [6.07, 6.45) is 5.26. The Balaban J connectivity index is 1.53. The van der Waals surface area contributed by atoms with Gasteiger partial charge in [0, 0.05) is 18.0 Å². The molecule has 1 aliphatic heterocycles. The second kappa shape index (κ2) is 7.40. The van der Waals surface area contributed by atoms with E-state index >= 15 is 0 Å². The minimum absolute atomic E-state index is 0.113. The van der Waals surface area contributed by atoms with E-state index in [2.05, 4.69) is 5.32 Å². The van der Waals surface area contributed by atoms with Gasteiger partial charge in [-0.3, -0.25) is 19.3 Å². The predicted octanol–water partition coefficient (Wildman–Crippen LogP) is 2.86. The van der Waals surface area contributed by atoms with Gasteiger partial charge in [-0.1, -0.05) is 35.9 Å². The van der Waals surface area contributed by atoms with Crippen molar-refractivity contribution in [3.8, 4) is 0 Å². The van der Waals surface area contributed by atoms with E-state index in [-0.39, 0.29) is 48.6 Å². The number of rotatable bonds is 5. The first-order valence-electron chi connectivity index (χ1n) is 8.52. The maximum absolute atomic E-state index is 12.4. The molecule has 0 radical (unpaired) electrons. The van der Waals surface area contributed by atoms with Crippen molar-refractivity contribution in [3.05, 3.63) is 47.0 Å². The molecule has 1 aromatic rings. The van der Waals surface area contributed by atoms with Crippen LogP contribution in [-0.4, -0.2) is 29.2 Å². The average Bonchev–Trinajstić information content (AvgIpc) is 2.85. The van der Waals surface area contributed by atoms with Crippen molar-refractivity contribution in [2.45, 2.75) is 32.2 Å². The Morgan fingerprint density at radius 1 is 1.16 bits per heavy atom. The Hall–Kier alpha value is -2.14. The molecular formula is C19H21ClN2O3. The molecule has 1 fully saturated rings. The summed E-state index contributed by atoms with van der Waals surface area (Å²) in [5.74, 6) is -0.950. The zero-order valence-electron chi connectivity index (χ0n) is 14.1. The first-order valence-corrected chi connectivity index (χ1v) is 8.90. The highest BCUT2D eigenvalue weighted by atomic mass is 35.5. The maximum Gasteiger partial charge on any atom is 0.233 e. The van der Waals surface area contributed by atoms with E-state index in [1.165, 1.54) is 4.90 Å². The van der Waals surface area contributed by atoms with Crippen LogP contribution in [0, 0.1) is 11.8 Å². The van der Waals surface area contributed by atoms with Gasteiger partial charge in [0.25, 0.3) is 0 Å². The quantitative estimate of drug-likeness (QED) is 0.648. The number of carbonyl (C=O) groups excluding carboxylic acids is 3. The summed E-state index contributed by atoms with van der Waals surface area (Å²) in [6, 6.07) is 7.10. The highest BCUT2D eigenvalue weighted by Gasteiger charge is 2.46. The summed E-state index contributed by atoms with van der Waals surface area (Å²) in [7, 11) is 0. The van der Waals surface area contributed by atoms with Gasteiger partial charge in [0.05, 0.1) is 17.9 Å². The zero-order chi connectivity index (χ0) is 18.0. The number of likely N-dealkylation sites (tertiary alicyclic amines) is 1. The Bertz CT molecular complexity index is 688. The summed E-state index contributed by atoms with van der Waals surface area (Å²) < 4.78 is 0. The van der Waals surface area contributed by atoms with Crippen LogP contribution in [0.15, 0.2) is 36.4 Å². The fraction of sp³-hybridized carbons (Fsp3) is 0.421. The molecule has 2 aliphatic rings. The Morgan fingerprint density at radius 2 is 1.72 bits per heavy atom. The molecule has 0 unspecified atom stereocenters. The number of carbonyl (C=O) groups is 3. The van der Waals surface area contributed by atoms with Crippen molar-refractivity contribution in [1.82, 2.24) is 10.2 Å². The molecule has 0 bridgehead atoms. The predicted molar refractivity (Wildman–Crippen MR) is 94.7 cm³/mol. The molecule has 5 nitrogen and oxygen atoms in total. The molecule has 3 atom stereocenters. The lowest BCUT2D eigenvalue weighted by Gasteiger charge is -2.17. The van der Waals surface area contributed by atoms with E-state index in [4.69, 9.17) is 11.6 Å². The number of allylic oxidation sites excluding steroid dienone is 2. The maximum atomic E-state index is 12.4. The summed E-state index contributed by atoms with van der Waals surface area (Å²) in [6.45, 7) is 2.03. The van der Waals surface area contributed by atoms with Crippen LogP contribution in [0.1, 0.15) is 37.8 Å². The molecule has 0 spiro atoms. The van der Waals surface area contributed by atoms with E-state index in [9.17, 15) is 14.4 Å². The molecule has 3 amide bonds. The second-order valence-electron chi connectivity index (χ2n) is 6.57. The number of nitrogens with one attached hydrogen (secondary N) is 1. The highest BCUT2D eigenvalue weighted by molar-refractivity contribution is 6.30. The van der Waals surface area contributed by atoms with E-state index in [1.54, 1.807) is 12.1 Å². The molecule has 0 aromatic heterocycles. The van der Waals surface area contributed by atoms with Gasteiger partial charge in [-0.05, 0) is 37.5 Å². The van der Waals surface area contributed by atoms with E-state index in [0.717, 1.165) is 5.56 Å². The monoisotopic (exact) mass is 360 g/mol. The minimum Gasteiger partial charge on any atom is -0.350 e. The van der Waals surface area contributed by atoms with Crippen molar-refractivity contribution in [3.63, 3.8) is 0 Å². The lowest BCUT2D eigenvalue weighted by molar-refractivity contribution is -0.140. The molecule has 132 valence electrons. The Kier molecular flexibility index (Phi) is 5.23. The minimum atomic E-state index is -0.242. The molecule has 1 N–H and O–H groups in total. The fourth-order valence-corrected chi connectivity index (χ4v) is 3.58. The van der Waals surface area contributed by atoms with E-state index in [0.29, 0.717) is 17.9 Å². The van der Waals surface area contributed by atoms with Crippen LogP contribution >= 0.6 is 11.6 Å². The van der Waals surface area contributed by atoms with Crippen LogP contribution < -0.4 is 5.32 Å². The topological polar surface area (TPSA) is 66.5 Å². The smallest absolute Gasteiger partial charge is 0.233 e. The average molecular weight is 361 g/mol. The third kappa shape index (κ3) is 3.76. The summed E-state index contributed by atoms with van der Waals surface area (Å²) in [4.78, 5) is 38.2. The highest BCUT2D eigenvalue weighted by Crippen LogP contribution is 2.35. The first kappa shape index (κ1) is 17.7. The summed E-state index contributed by atoms with van der Waals surface area (Å²) in [5.41, 5.74) is 0.947. The number of halogens is 1. The van der Waals surface area contributed by atoms with Crippen LogP contribution in [0.2, 0.25) is 5.02 Å². The van der Waals surface area contributed by atoms with Crippen LogP contribution in [0.5, 0.6) is 0 Å². The fourth-order valence-electron chi connectivity index (χ4n) is 3.45. The van der Waals surface area contributed by atoms with E-state index < -0.39 is 0 Å². The van der Waals surface area contributed by atoms with Gasteiger partial charge in [-0.25, -0.2) is 0 Å². The normalized spacial score (nSPS) is 23.5. The van der Waals surface area contributed by atoms with Crippen molar-refractivity contribution < 1.29 is 14.4 Å². The molecule has 0 saturated carbocycles. The number of imide groups is 1. The Morgan fingerprint density at radius 3 is 2.28 bits per heavy atom. The van der Waals surface area contributed by atoms with E-state index in [1.807, 2.05) is 31.2 Å². The lowest BCUT2D eigenvalue weighted by atomic mass is 9.85. The third-order valence-corrected chi connectivity index (χ3v) is 5.16. The summed E-state index contributed by atoms with van der Waals surface area (Å²) >= 11 is 5.86. The number of benzene rings is 1. The number of hydrogen-bond acceptors (Lipinski definition) is 3. The van der Waals surface area contributed by atoms with Crippen LogP contribution in [0.4, 0.5) is 0 Å². The SMILES string of the molecule is C[C@H](NC(=O)CCN1C(=O)[C@@H]2CC=CC[C@H]2C1=O)c1ccc(Cl)cc1. The second-order valence-corrected chi connectivity index (χ2v) is 7.01. The number of fused-ring (bicyclic) bond motifs is 1. The molecule has 25 heavy (non-hydrogen) atoms. The van der Waals surface area contributed by atoms with Gasteiger partial charge in [0.15, 0.2) is 0 Å². The number of hydrogen-bond donors (Lipinski definition) is 1. The molecule has 3 rings (SSSR count).